The van der Waals surface area contributed by atoms with Crippen molar-refractivity contribution >= 4 is 38.0 Å². The van der Waals surface area contributed by atoms with Gasteiger partial charge in [0.1, 0.15) is 40.2 Å². The number of para-hydroxylation sites is 1. The molecule has 0 aliphatic carbocycles. The third-order valence-corrected chi connectivity index (χ3v) is 8.57. The van der Waals surface area contributed by atoms with E-state index in [0.29, 0.717) is 30.6 Å². The van der Waals surface area contributed by atoms with E-state index in [1.54, 1.807) is 81.4 Å². The third kappa shape index (κ3) is 27.5. The highest BCUT2D eigenvalue weighted by atomic mass is 28.4. The summed E-state index contributed by atoms with van der Waals surface area (Å²) in [5.74, 6) is -0.799. The number of rotatable bonds is 10. The summed E-state index contributed by atoms with van der Waals surface area (Å²) >= 11 is 0. The molecule has 14 heteroatoms. The van der Waals surface area contributed by atoms with Gasteiger partial charge in [0.15, 0.2) is 14.6 Å². The van der Waals surface area contributed by atoms with Crippen LogP contribution in [-0.2, 0) is 56.8 Å². The Morgan fingerprint density at radius 2 is 1.18 bits per heavy atom. The molecule has 2 unspecified atom stereocenters. The van der Waals surface area contributed by atoms with Gasteiger partial charge in [-0.3, -0.25) is 19.2 Å². The molecule has 61 heavy (non-hydrogen) atoms. The Balaban J connectivity index is 0. The molecule has 350 valence electrons. The average Bonchev–Trinajstić information content (AvgIpc) is 3.12. The van der Waals surface area contributed by atoms with Gasteiger partial charge in [-0.1, -0.05) is 52.8 Å². The Morgan fingerprint density at radius 3 is 1.57 bits per heavy atom. The highest BCUT2D eigenvalue weighted by Crippen LogP contribution is 2.33. The van der Waals surface area contributed by atoms with E-state index in [1.165, 1.54) is 0 Å². The lowest BCUT2D eigenvalue weighted by Gasteiger charge is -2.40. The molecule has 0 N–H and O–H groups in total. The lowest BCUT2D eigenvalue weighted by Crippen LogP contribution is -2.44. The van der Waals surface area contributed by atoms with Gasteiger partial charge >= 0.3 is 23.9 Å². The Kier molecular flexibility index (Phi) is 25.6. The van der Waals surface area contributed by atoms with Gasteiger partial charge in [-0.05, 0) is 94.1 Å². The summed E-state index contributed by atoms with van der Waals surface area (Å²) in [4.78, 5) is 55.0. The zero-order valence-corrected chi connectivity index (χ0v) is 42.4. The molecule has 1 aromatic rings. The number of ether oxygens (including phenoxy) is 7. The number of hydrogen-bond donors (Lipinski definition) is 0. The van der Waals surface area contributed by atoms with Crippen molar-refractivity contribution in [2.45, 2.75) is 205 Å². The Morgan fingerprint density at radius 1 is 0.705 bits per heavy atom. The lowest BCUT2D eigenvalue weighted by atomic mass is 10.0. The van der Waals surface area contributed by atoms with Gasteiger partial charge in [0.05, 0.1) is 5.57 Å². The SMILES string of the molecule is CCC(=O)C(C)C(=O)OC(C)(C)C.CCC(=O)OC(C)(C)C.CCC(=O)Oc1ccccc1.CCC1=C(C)C(=O)OC(C)(C)O1.CCC1=C(C)C(O[Si](C)(C)C)OC(C)(C)O1. The molecule has 3 rings (SSSR count). The Labute approximate surface area is 368 Å². The molecule has 1 aromatic carbocycles. The van der Waals surface area contributed by atoms with Crippen LogP contribution in [0.2, 0.25) is 19.6 Å². The van der Waals surface area contributed by atoms with Crippen molar-refractivity contribution in [3.8, 4) is 5.75 Å². The van der Waals surface area contributed by atoms with E-state index in [0.717, 1.165) is 29.9 Å². The van der Waals surface area contributed by atoms with Crippen molar-refractivity contribution in [3.05, 3.63) is 53.0 Å². The molecular weight excluding hydrogens is 801 g/mol. The monoisotopic (exact) mass is 881 g/mol. The minimum atomic E-state index is -1.61. The van der Waals surface area contributed by atoms with Gasteiger partial charge in [-0.25, -0.2) is 4.79 Å². The molecule has 2 aliphatic heterocycles. The van der Waals surface area contributed by atoms with Crippen molar-refractivity contribution < 1.29 is 61.6 Å². The molecule has 0 spiro atoms. The molecule has 0 amide bonds. The van der Waals surface area contributed by atoms with E-state index in [1.807, 2.05) is 66.7 Å². The zero-order chi connectivity index (χ0) is 48.2. The van der Waals surface area contributed by atoms with Crippen LogP contribution in [0, 0.1) is 5.92 Å². The van der Waals surface area contributed by atoms with Crippen molar-refractivity contribution in [1.82, 2.24) is 0 Å². The maximum atomic E-state index is 11.3. The standard InChI is InChI=1S/C12H24O3Si.C10H18O3.C9H14O3.C9H10O2.C7H14O2/c1-8-10-9(2)11(15-16(5,6)7)14-12(3,4)13-10;1-6-8(11)7(2)9(12)13-10(3,4)5;1-5-7-6(2)8(10)12-9(3,4)11-7;1-2-9(10)11-8-6-4-3-5-7-8;1-5-6(8)9-7(2,3)4/h11H,8H2,1-7H3;7H,6H2,1-5H3;5H2,1-4H3;3-7H,2H2,1H3;5H2,1-4H3. The van der Waals surface area contributed by atoms with E-state index in [-0.39, 0.29) is 35.6 Å². The van der Waals surface area contributed by atoms with E-state index in [4.69, 9.17) is 37.6 Å². The number of carbonyl (C=O) groups is 5. The topological polar surface area (TPSA) is 159 Å². The molecule has 0 aromatic heterocycles. The average molecular weight is 881 g/mol. The first-order valence-corrected chi connectivity index (χ1v) is 24.7. The maximum Gasteiger partial charge on any atom is 0.340 e. The predicted octanol–water partition coefficient (Wildman–Crippen LogP) is 11.3. The summed E-state index contributed by atoms with van der Waals surface area (Å²) in [7, 11) is -1.61. The summed E-state index contributed by atoms with van der Waals surface area (Å²) in [6, 6.07) is 9.06. The summed E-state index contributed by atoms with van der Waals surface area (Å²) in [6.07, 6.45) is 2.60. The highest BCUT2D eigenvalue weighted by Gasteiger charge is 2.37. The largest absolute Gasteiger partial charge is 0.467 e. The first-order valence-electron chi connectivity index (χ1n) is 21.3. The molecule has 0 bridgehead atoms. The summed E-state index contributed by atoms with van der Waals surface area (Å²) in [6.45, 7) is 39.4. The van der Waals surface area contributed by atoms with Crippen LogP contribution in [0.25, 0.3) is 0 Å². The first kappa shape index (κ1) is 59.1. The normalized spacial score (nSPS) is 17.2. The molecule has 2 heterocycles. The number of esters is 4. The van der Waals surface area contributed by atoms with E-state index >= 15 is 0 Å². The summed E-state index contributed by atoms with van der Waals surface area (Å²) in [5, 5.41) is 0. The van der Waals surface area contributed by atoms with Gasteiger partial charge in [0.2, 0.25) is 11.6 Å². The second-order valence-electron chi connectivity index (χ2n) is 18.1. The fourth-order valence-corrected chi connectivity index (χ4v) is 5.61. The Bertz CT molecular complexity index is 1600. The van der Waals surface area contributed by atoms with Gasteiger partial charge in [-0.2, -0.15) is 0 Å². The molecule has 2 atom stereocenters. The van der Waals surface area contributed by atoms with Crippen LogP contribution in [0.5, 0.6) is 5.75 Å². The van der Waals surface area contributed by atoms with Crippen molar-refractivity contribution in [1.29, 1.82) is 0 Å². The van der Waals surface area contributed by atoms with Crippen LogP contribution in [0.3, 0.4) is 0 Å². The third-order valence-electron chi connectivity index (χ3n) is 7.65. The zero-order valence-electron chi connectivity index (χ0n) is 41.4. The fourth-order valence-electron chi connectivity index (χ4n) is 4.74. The number of cyclic esters (lactones) is 1. The van der Waals surface area contributed by atoms with Crippen LogP contribution in [0.4, 0.5) is 0 Å². The molecule has 13 nitrogen and oxygen atoms in total. The van der Waals surface area contributed by atoms with Gasteiger partial charge in [0, 0.05) is 65.4 Å². The van der Waals surface area contributed by atoms with Crippen LogP contribution in [0.15, 0.2) is 53.0 Å². The number of benzene rings is 1. The predicted molar refractivity (Wildman–Crippen MR) is 241 cm³/mol. The minimum absolute atomic E-state index is 0.0748. The van der Waals surface area contributed by atoms with Crippen LogP contribution < -0.4 is 4.74 Å². The first-order chi connectivity index (χ1) is 27.7. The molecule has 0 fully saturated rings. The second kappa shape index (κ2) is 26.5. The maximum absolute atomic E-state index is 11.3. The van der Waals surface area contributed by atoms with E-state index < -0.39 is 37.4 Å². The Hall–Kier alpha value is -4.01. The summed E-state index contributed by atoms with van der Waals surface area (Å²) < 4.78 is 43.0. The highest BCUT2D eigenvalue weighted by molar-refractivity contribution is 6.69. The molecule has 0 saturated heterocycles. The van der Waals surface area contributed by atoms with Gasteiger partial charge in [-0.15, -0.1) is 0 Å². The van der Waals surface area contributed by atoms with Crippen molar-refractivity contribution in [2.24, 2.45) is 5.92 Å². The smallest absolute Gasteiger partial charge is 0.340 e. The van der Waals surface area contributed by atoms with Crippen LogP contribution in [0.1, 0.15) is 157 Å². The number of allylic oxidation sites excluding steroid dienone is 2. The van der Waals surface area contributed by atoms with Gasteiger partial charge in [0.25, 0.3) is 0 Å². The molecule has 2 aliphatic rings. The number of carbonyl (C=O) groups excluding carboxylic acids is 5. The summed E-state index contributed by atoms with van der Waals surface area (Å²) in [5.41, 5.74) is 0.813. The number of hydrogen-bond acceptors (Lipinski definition) is 13. The van der Waals surface area contributed by atoms with Crippen LogP contribution >= 0.6 is 0 Å². The van der Waals surface area contributed by atoms with Crippen LogP contribution in [-0.4, -0.2) is 67.0 Å². The minimum Gasteiger partial charge on any atom is -0.467 e. The van der Waals surface area contributed by atoms with Crippen molar-refractivity contribution in [2.75, 3.05) is 0 Å². The van der Waals surface area contributed by atoms with Gasteiger partial charge < -0.3 is 37.6 Å². The fraction of sp³-hybridized carbons (Fsp3) is 0.681. The van der Waals surface area contributed by atoms with E-state index in [2.05, 4.69) is 26.6 Å². The van der Waals surface area contributed by atoms with E-state index in [9.17, 15) is 24.0 Å². The molecular formula is C47H80O13Si. The molecule has 0 radical (unpaired) electrons. The number of Topliss-reactive ketones (excluding diaryl/α,β-unsaturated/α-hetero) is 1. The lowest BCUT2D eigenvalue weighted by molar-refractivity contribution is -0.269. The quantitative estimate of drug-likeness (QED) is 0.0719. The molecule has 0 saturated carbocycles. The second-order valence-corrected chi connectivity index (χ2v) is 22.6. The number of ketones is 1. The van der Waals surface area contributed by atoms with Crippen molar-refractivity contribution in [3.63, 3.8) is 0 Å².